The van der Waals surface area contributed by atoms with Crippen LogP contribution in [0.25, 0.3) is 0 Å². The zero-order valence-corrected chi connectivity index (χ0v) is 12.9. The van der Waals surface area contributed by atoms with Crippen molar-refractivity contribution in [2.45, 2.75) is 62.1 Å². The largest absolute Gasteiger partial charge is 0.396 e. The summed E-state index contributed by atoms with van der Waals surface area (Å²) in [7, 11) is 3.31. The highest BCUT2D eigenvalue weighted by atomic mass is 16.7. The molecule has 2 saturated heterocycles. The zero-order chi connectivity index (χ0) is 15.3. The lowest BCUT2D eigenvalue weighted by Gasteiger charge is -2.33. The number of aliphatic hydroxyl groups excluding tert-OH is 1. The van der Waals surface area contributed by atoms with E-state index in [-0.39, 0.29) is 47.9 Å². The molecular weight excluding hydrogens is 274 g/mol. The Kier molecular flexibility index (Phi) is 3.76. The number of amides is 1. The maximum Gasteiger partial charge on any atom is 0.225 e. The molecule has 2 aliphatic heterocycles. The van der Waals surface area contributed by atoms with Crippen molar-refractivity contribution in [2.24, 2.45) is 5.92 Å². The Balaban J connectivity index is 1.64. The number of carbonyl (C=O) groups excluding carboxylic acids is 1. The number of aliphatic hydroxyl groups is 1. The van der Waals surface area contributed by atoms with Gasteiger partial charge in [0.2, 0.25) is 5.91 Å². The smallest absolute Gasteiger partial charge is 0.225 e. The lowest BCUT2D eigenvalue weighted by Crippen LogP contribution is -2.45. The first kappa shape index (κ1) is 15.2. The molecule has 1 aliphatic carbocycles. The van der Waals surface area contributed by atoms with Gasteiger partial charge in [-0.15, -0.1) is 0 Å². The van der Waals surface area contributed by atoms with E-state index in [9.17, 15) is 4.79 Å². The monoisotopic (exact) mass is 299 g/mol. The minimum Gasteiger partial charge on any atom is -0.396 e. The molecule has 2 N–H and O–H groups in total. The van der Waals surface area contributed by atoms with Crippen molar-refractivity contribution in [1.82, 2.24) is 5.32 Å². The highest BCUT2D eigenvalue weighted by Gasteiger charge is 2.74. The van der Waals surface area contributed by atoms with Gasteiger partial charge in [-0.3, -0.25) is 4.79 Å². The molecule has 3 rings (SSSR count). The van der Waals surface area contributed by atoms with Crippen molar-refractivity contribution >= 4 is 5.91 Å². The molecule has 0 bridgehead atoms. The summed E-state index contributed by atoms with van der Waals surface area (Å²) in [4.78, 5) is 11.9. The van der Waals surface area contributed by atoms with E-state index in [0.717, 1.165) is 19.3 Å². The van der Waals surface area contributed by atoms with Crippen LogP contribution in [-0.4, -0.2) is 61.3 Å². The van der Waals surface area contributed by atoms with Crippen LogP contribution < -0.4 is 5.32 Å². The first-order chi connectivity index (χ1) is 10.0. The second kappa shape index (κ2) is 5.19. The third kappa shape index (κ3) is 2.38. The molecule has 6 unspecified atom stereocenters. The Morgan fingerprint density at radius 2 is 2.24 bits per heavy atom. The summed E-state index contributed by atoms with van der Waals surface area (Å²) in [6, 6.07) is 0. The first-order valence-corrected chi connectivity index (χ1v) is 7.71. The van der Waals surface area contributed by atoms with Crippen LogP contribution in [0.4, 0.5) is 0 Å². The molecular formula is C15H25NO5. The molecule has 1 saturated carbocycles. The van der Waals surface area contributed by atoms with Crippen LogP contribution in [0.1, 0.15) is 32.6 Å². The number of ether oxygens (including phenoxy) is 3. The van der Waals surface area contributed by atoms with Crippen LogP contribution in [0.2, 0.25) is 0 Å². The third-order valence-electron chi connectivity index (χ3n) is 5.42. The number of carbonyl (C=O) groups is 1. The molecule has 6 nitrogen and oxygen atoms in total. The van der Waals surface area contributed by atoms with E-state index in [4.69, 9.17) is 19.3 Å². The van der Waals surface area contributed by atoms with Crippen molar-refractivity contribution in [3.05, 3.63) is 0 Å². The van der Waals surface area contributed by atoms with Gasteiger partial charge in [0.15, 0.2) is 0 Å². The van der Waals surface area contributed by atoms with Crippen LogP contribution >= 0.6 is 0 Å². The molecule has 1 amide bonds. The quantitative estimate of drug-likeness (QED) is 0.710. The van der Waals surface area contributed by atoms with Gasteiger partial charge in [-0.25, -0.2) is 0 Å². The number of nitrogens with one attached hydrogen (secondary N) is 1. The van der Waals surface area contributed by atoms with Crippen LogP contribution in [-0.2, 0) is 19.0 Å². The van der Waals surface area contributed by atoms with E-state index >= 15 is 0 Å². The van der Waals surface area contributed by atoms with Crippen LogP contribution in [0, 0.1) is 5.92 Å². The van der Waals surface area contributed by atoms with Crippen molar-refractivity contribution in [1.29, 1.82) is 0 Å². The van der Waals surface area contributed by atoms with Gasteiger partial charge in [-0.2, -0.15) is 0 Å². The Morgan fingerprint density at radius 1 is 1.48 bits per heavy atom. The Hall–Kier alpha value is -0.690. The number of rotatable bonds is 5. The fourth-order valence-electron chi connectivity index (χ4n) is 4.05. The van der Waals surface area contributed by atoms with E-state index in [1.165, 1.54) is 0 Å². The predicted octanol–water partition coefficient (Wildman–Crippen LogP) is 0.225. The average molecular weight is 299 g/mol. The van der Waals surface area contributed by atoms with Gasteiger partial charge in [-0.1, -0.05) is 0 Å². The van der Waals surface area contributed by atoms with E-state index in [1.54, 1.807) is 14.2 Å². The summed E-state index contributed by atoms with van der Waals surface area (Å²) in [5, 5.41) is 11.7. The SMILES string of the molecule is CNC(=O)C1CCC2(CC1OC)OC2C1(C)OC1CCO. The summed E-state index contributed by atoms with van der Waals surface area (Å²) in [6.45, 7) is 2.19. The Bertz CT molecular complexity index is 430. The maximum atomic E-state index is 11.9. The van der Waals surface area contributed by atoms with Gasteiger partial charge in [-0.05, 0) is 26.2 Å². The average Bonchev–Trinajstić information content (AvgIpc) is 3.36. The standard InChI is InChI=1S/C15H25NO5/c1-14(11(20-14)5-7-17)13-15(21-13)6-4-9(12(18)16-2)10(8-15)19-3/h9-11,13,17H,4-8H2,1-3H3,(H,16,18). The van der Waals surface area contributed by atoms with Gasteiger partial charge in [0, 0.05) is 27.2 Å². The maximum absolute atomic E-state index is 11.9. The minimum absolute atomic E-state index is 0.0425. The van der Waals surface area contributed by atoms with Crippen molar-refractivity contribution in [2.75, 3.05) is 20.8 Å². The number of methoxy groups -OCH3 is 1. The predicted molar refractivity (Wildman–Crippen MR) is 74.8 cm³/mol. The second-order valence-electron chi connectivity index (χ2n) is 6.60. The molecule has 1 spiro atoms. The molecule has 120 valence electrons. The molecule has 2 heterocycles. The summed E-state index contributed by atoms with van der Waals surface area (Å²) < 4.78 is 17.3. The van der Waals surface area contributed by atoms with E-state index in [2.05, 4.69) is 12.2 Å². The van der Waals surface area contributed by atoms with Gasteiger partial charge >= 0.3 is 0 Å². The molecule has 6 heteroatoms. The van der Waals surface area contributed by atoms with Crippen LogP contribution in [0.3, 0.4) is 0 Å². The highest BCUT2D eigenvalue weighted by molar-refractivity contribution is 5.79. The fraction of sp³-hybridized carbons (Fsp3) is 0.933. The second-order valence-corrected chi connectivity index (χ2v) is 6.60. The van der Waals surface area contributed by atoms with Gasteiger partial charge in [0.1, 0.15) is 17.3 Å². The molecule has 0 aromatic carbocycles. The summed E-state index contributed by atoms with van der Waals surface area (Å²) in [5.74, 6) is -0.0578. The molecule has 0 aromatic heterocycles. The molecule has 3 aliphatic rings. The molecule has 6 atom stereocenters. The molecule has 0 aromatic rings. The van der Waals surface area contributed by atoms with Crippen LogP contribution in [0.5, 0.6) is 0 Å². The Labute approximate surface area is 125 Å². The fourth-order valence-corrected chi connectivity index (χ4v) is 4.05. The van der Waals surface area contributed by atoms with Gasteiger partial charge in [0.05, 0.1) is 18.1 Å². The topological polar surface area (TPSA) is 83.6 Å². The van der Waals surface area contributed by atoms with Crippen LogP contribution in [0.15, 0.2) is 0 Å². The summed E-state index contributed by atoms with van der Waals surface area (Å²) in [6.07, 6.45) is 3.06. The highest BCUT2D eigenvalue weighted by Crippen LogP contribution is 2.60. The van der Waals surface area contributed by atoms with E-state index in [1.807, 2.05) is 0 Å². The number of epoxide rings is 2. The minimum atomic E-state index is -0.277. The van der Waals surface area contributed by atoms with Crippen molar-refractivity contribution in [3.8, 4) is 0 Å². The molecule has 3 fully saturated rings. The molecule has 0 radical (unpaired) electrons. The van der Waals surface area contributed by atoms with Crippen molar-refractivity contribution in [3.63, 3.8) is 0 Å². The van der Waals surface area contributed by atoms with E-state index < -0.39 is 0 Å². The zero-order valence-electron chi connectivity index (χ0n) is 12.9. The molecule has 21 heavy (non-hydrogen) atoms. The number of hydrogen-bond donors (Lipinski definition) is 2. The summed E-state index contributed by atoms with van der Waals surface area (Å²) >= 11 is 0. The van der Waals surface area contributed by atoms with Crippen molar-refractivity contribution < 1.29 is 24.1 Å². The number of hydrogen-bond acceptors (Lipinski definition) is 5. The Morgan fingerprint density at radius 3 is 2.86 bits per heavy atom. The first-order valence-electron chi connectivity index (χ1n) is 7.71. The third-order valence-corrected chi connectivity index (χ3v) is 5.42. The van der Waals surface area contributed by atoms with E-state index in [0.29, 0.717) is 6.42 Å². The lowest BCUT2D eigenvalue weighted by molar-refractivity contribution is -0.132. The normalized spacial score (nSPS) is 48.2. The summed E-state index contributed by atoms with van der Waals surface area (Å²) in [5.41, 5.74) is -0.481. The lowest BCUT2D eigenvalue weighted by atomic mass is 9.75. The van der Waals surface area contributed by atoms with Gasteiger partial charge in [0.25, 0.3) is 0 Å². The van der Waals surface area contributed by atoms with Gasteiger partial charge < -0.3 is 24.6 Å².